The molecular weight excluding hydrogens is 166 g/mol. The molecule has 0 amide bonds. The first kappa shape index (κ1) is 19.9. The number of hydrogen-bond acceptors (Lipinski definition) is 3. The second-order valence-electron chi connectivity index (χ2n) is 0.0745. The van der Waals surface area contributed by atoms with Crippen LogP contribution in [-0.4, -0.2) is 0 Å². The summed E-state index contributed by atoms with van der Waals surface area (Å²) in [7, 11) is 0. The molecule has 0 saturated heterocycles. The Morgan fingerprint density at radius 2 is 1.60 bits per heavy atom. The third-order valence-corrected chi connectivity index (χ3v) is 0. The van der Waals surface area contributed by atoms with Crippen LogP contribution in [0.5, 0.6) is 0 Å². The van der Waals surface area contributed by atoms with Crippen molar-refractivity contribution < 1.29 is 20.4 Å². The zero-order valence-electron chi connectivity index (χ0n) is 2.58. The summed E-state index contributed by atoms with van der Waals surface area (Å²) in [6, 6.07) is 0. The second-order valence-corrected chi connectivity index (χ2v) is 0.0745. The maximum atomic E-state index is 8.00. The normalized spacial score (nSPS) is 2.40. The van der Waals surface area contributed by atoms with Crippen molar-refractivity contribution in [2.75, 3.05) is 0 Å². The Bertz CT molecular complexity index is 15.1. The maximum Gasteiger partial charge on any atom is 2.00 e. The number of rotatable bonds is 0. The Labute approximate surface area is 42.7 Å². The van der Waals surface area contributed by atoms with Crippen molar-refractivity contribution in [1.29, 1.82) is 0 Å². The van der Waals surface area contributed by atoms with E-state index in [2.05, 4.69) is 0 Å². The van der Waals surface area contributed by atoms with E-state index in [4.69, 9.17) is 10.1 Å². The van der Waals surface area contributed by atoms with E-state index in [1.54, 1.807) is 0 Å². The van der Waals surface area contributed by atoms with Gasteiger partial charge < -0.3 is 16.3 Å². The molecule has 0 aromatic heterocycles. The summed E-state index contributed by atoms with van der Waals surface area (Å²) in [5.41, 5.74) is 0. The van der Waals surface area contributed by atoms with Crippen molar-refractivity contribution >= 4 is 0 Å². The Hall–Kier alpha value is 0.0223. The molecule has 4 N–H and O–H groups in total. The quantitative estimate of drug-likeness (QED) is 0.328. The molecule has 0 aromatic rings. The Morgan fingerprint density at radius 3 is 1.60 bits per heavy atom. The maximum absolute atomic E-state index is 8.00. The van der Waals surface area contributed by atoms with Gasteiger partial charge in [0.25, 0.3) is 0 Å². The number of hydrogen-bond donors (Lipinski definition) is 1. The van der Waals surface area contributed by atoms with Crippen LogP contribution in [0.15, 0.2) is 5.34 Å². The van der Waals surface area contributed by atoms with Gasteiger partial charge >= 0.3 is 20.4 Å². The molecule has 0 aliphatic rings. The van der Waals surface area contributed by atoms with E-state index in [-0.39, 0.29) is 26.6 Å². The standard InChI is InChI=1S/HNO2.H3N.Pd/c2-1-3;;/h(H,2,3);1H3;/q;;+2. The van der Waals surface area contributed by atoms with Gasteiger partial charge in [0, 0.05) is 0 Å². The number of nitrogens with zero attached hydrogens (tertiary/aromatic N) is 1. The fourth-order valence-electron chi connectivity index (χ4n) is 0. The van der Waals surface area contributed by atoms with Crippen LogP contribution < -0.4 is 6.15 Å². The largest absolute Gasteiger partial charge is 2.00 e. The smallest absolute Gasteiger partial charge is 0.444 e. The van der Waals surface area contributed by atoms with Crippen LogP contribution in [0.4, 0.5) is 0 Å². The third kappa shape index (κ3) is 33000. The summed E-state index contributed by atoms with van der Waals surface area (Å²) in [6.45, 7) is 0. The minimum Gasteiger partial charge on any atom is -0.444 e. The molecule has 0 rings (SSSR count). The Morgan fingerprint density at radius 1 is 1.60 bits per heavy atom. The van der Waals surface area contributed by atoms with E-state index in [0.717, 1.165) is 5.34 Å². The van der Waals surface area contributed by atoms with Gasteiger partial charge in [-0.25, -0.2) is 0 Å². The second kappa shape index (κ2) is 35.2. The predicted molar refractivity (Wildman–Crippen MR) is 15.1 cm³/mol. The van der Waals surface area contributed by atoms with Crippen molar-refractivity contribution in [3.8, 4) is 0 Å². The van der Waals surface area contributed by atoms with Crippen LogP contribution in [-0.2, 0) is 20.4 Å². The molecule has 4 nitrogen and oxygen atoms in total. The van der Waals surface area contributed by atoms with Gasteiger partial charge in [0.15, 0.2) is 0 Å². The zero-order chi connectivity index (χ0) is 2.71. The Balaban J connectivity index is -0.0000000200. The van der Waals surface area contributed by atoms with Crippen molar-refractivity contribution in [2.45, 2.75) is 0 Å². The first-order chi connectivity index (χ1) is 1.41. The van der Waals surface area contributed by atoms with Gasteiger partial charge in [0.05, 0.1) is 0 Å². The summed E-state index contributed by atoms with van der Waals surface area (Å²) < 4.78 is 0. The summed E-state index contributed by atoms with van der Waals surface area (Å²) in [5.74, 6) is 0. The summed E-state index contributed by atoms with van der Waals surface area (Å²) in [6.07, 6.45) is 0. The van der Waals surface area contributed by atoms with Gasteiger partial charge in [0.1, 0.15) is 0 Å². The molecule has 0 atom stereocenters. The molecule has 0 aliphatic carbocycles. The van der Waals surface area contributed by atoms with Gasteiger partial charge in [-0.1, -0.05) is 0 Å². The van der Waals surface area contributed by atoms with Crippen molar-refractivity contribution in [3.05, 3.63) is 10.1 Å². The van der Waals surface area contributed by atoms with Crippen LogP contribution >= 0.6 is 0 Å². The Kier molecular flexibility index (Phi) is 140. The molecule has 0 bridgehead atoms. The number of quaternary nitrogens is 1. The monoisotopic (exact) mass is 170 g/mol. The first-order valence-electron chi connectivity index (χ1n) is 0.365. The topological polar surface area (TPSA) is 89.0 Å². The molecule has 0 heterocycles. The molecule has 5 heteroatoms. The summed E-state index contributed by atoms with van der Waals surface area (Å²) >= 11 is 0. The van der Waals surface area contributed by atoms with E-state index in [9.17, 15) is 0 Å². The molecule has 0 radical (unpaired) electrons. The van der Waals surface area contributed by atoms with Crippen molar-refractivity contribution in [2.24, 2.45) is 5.34 Å². The molecule has 0 spiro atoms. The minimum absolute atomic E-state index is 0. The van der Waals surface area contributed by atoms with Gasteiger partial charge in [-0.2, -0.15) is 0 Å². The van der Waals surface area contributed by atoms with Gasteiger partial charge in [-0.3, -0.25) is 0 Å². The van der Waals surface area contributed by atoms with E-state index >= 15 is 0 Å². The van der Waals surface area contributed by atoms with Crippen LogP contribution in [0, 0.1) is 10.1 Å². The molecule has 5 heavy (non-hydrogen) atoms. The van der Waals surface area contributed by atoms with E-state index in [1.807, 2.05) is 0 Å². The fourth-order valence-corrected chi connectivity index (χ4v) is 0. The van der Waals surface area contributed by atoms with Crippen LogP contribution in [0.25, 0.3) is 0 Å². The average molecular weight is 170 g/mol. The SMILES string of the molecule is O=N[O-].[NH4+].[Pd+2]. The molecule has 0 aromatic carbocycles. The van der Waals surface area contributed by atoms with Crippen LogP contribution in [0.1, 0.15) is 0 Å². The molecule has 0 fully saturated rings. The molecule has 0 aliphatic heterocycles. The van der Waals surface area contributed by atoms with Gasteiger partial charge in [-0.05, 0) is 0 Å². The van der Waals surface area contributed by atoms with Crippen LogP contribution in [0.2, 0.25) is 0 Å². The van der Waals surface area contributed by atoms with E-state index < -0.39 is 0 Å². The zero-order valence-corrected chi connectivity index (χ0v) is 4.13. The molecule has 34 valence electrons. The van der Waals surface area contributed by atoms with E-state index in [0.29, 0.717) is 0 Å². The molecular formula is H4N2O2Pd+2. The predicted octanol–water partition coefficient (Wildman–Crippen LogP) is 0.624. The van der Waals surface area contributed by atoms with Crippen LogP contribution in [0.3, 0.4) is 0 Å². The molecule has 0 saturated carbocycles. The fraction of sp³-hybridized carbons (Fsp3) is 0. The van der Waals surface area contributed by atoms with Gasteiger partial charge in [-0.15, -0.1) is 5.34 Å². The van der Waals surface area contributed by atoms with E-state index in [1.165, 1.54) is 0 Å². The minimum atomic E-state index is 0. The molecule has 0 unspecified atom stereocenters. The third-order valence-electron chi connectivity index (χ3n) is 0. The van der Waals surface area contributed by atoms with Crippen molar-refractivity contribution in [3.63, 3.8) is 0 Å². The summed E-state index contributed by atoms with van der Waals surface area (Å²) in [4.78, 5) is 8.00. The summed E-state index contributed by atoms with van der Waals surface area (Å²) in [5, 5.41) is 9.00. The van der Waals surface area contributed by atoms with Crippen molar-refractivity contribution in [1.82, 2.24) is 6.15 Å². The average Bonchev–Trinajstić information content (AvgIpc) is 0.918. The first-order valence-corrected chi connectivity index (χ1v) is 0.365. The van der Waals surface area contributed by atoms with Gasteiger partial charge in [0.2, 0.25) is 0 Å².